The maximum absolute atomic E-state index is 12.5. The first-order chi connectivity index (χ1) is 14.1. The SMILES string of the molecule is COc1ccc(C(=O)N/N=C(\C)c2cccc(NC(=O)C3CCCCC3)c2)cc1. The monoisotopic (exact) mass is 393 g/mol. The first kappa shape index (κ1) is 20.6. The molecular weight excluding hydrogens is 366 g/mol. The van der Waals surface area contributed by atoms with E-state index in [4.69, 9.17) is 4.74 Å². The molecule has 1 aliphatic carbocycles. The zero-order valence-electron chi connectivity index (χ0n) is 16.9. The third-order valence-electron chi connectivity index (χ3n) is 5.20. The van der Waals surface area contributed by atoms with Crippen molar-refractivity contribution < 1.29 is 14.3 Å². The molecule has 2 aromatic carbocycles. The summed E-state index contributed by atoms with van der Waals surface area (Å²) < 4.78 is 5.09. The largest absolute Gasteiger partial charge is 0.497 e. The molecule has 2 aromatic rings. The second kappa shape index (κ2) is 9.87. The second-order valence-corrected chi connectivity index (χ2v) is 7.27. The van der Waals surface area contributed by atoms with Crippen molar-refractivity contribution in [2.75, 3.05) is 12.4 Å². The Labute approximate surface area is 171 Å². The highest BCUT2D eigenvalue weighted by atomic mass is 16.5. The van der Waals surface area contributed by atoms with Gasteiger partial charge < -0.3 is 10.1 Å². The zero-order valence-corrected chi connectivity index (χ0v) is 16.9. The highest BCUT2D eigenvalue weighted by molar-refractivity contribution is 6.02. The zero-order chi connectivity index (χ0) is 20.6. The van der Waals surface area contributed by atoms with Gasteiger partial charge in [-0.15, -0.1) is 0 Å². The molecule has 0 heterocycles. The predicted molar refractivity (Wildman–Crippen MR) is 114 cm³/mol. The summed E-state index contributed by atoms with van der Waals surface area (Å²) in [6.07, 6.45) is 5.39. The van der Waals surface area contributed by atoms with E-state index in [1.807, 2.05) is 31.2 Å². The van der Waals surface area contributed by atoms with Crippen LogP contribution in [0.3, 0.4) is 0 Å². The Hall–Kier alpha value is -3.15. The van der Waals surface area contributed by atoms with E-state index in [0.29, 0.717) is 17.0 Å². The van der Waals surface area contributed by atoms with Crippen molar-refractivity contribution in [1.29, 1.82) is 0 Å². The molecule has 0 aromatic heterocycles. The van der Waals surface area contributed by atoms with Gasteiger partial charge in [-0.2, -0.15) is 5.10 Å². The fraction of sp³-hybridized carbons (Fsp3) is 0.348. The number of hydrogen-bond acceptors (Lipinski definition) is 4. The number of carbonyl (C=O) groups is 2. The summed E-state index contributed by atoms with van der Waals surface area (Å²) in [5.41, 5.74) is 5.30. The van der Waals surface area contributed by atoms with Crippen LogP contribution in [0.2, 0.25) is 0 Å². The Morgan fingerprint density at radius 2 is 1.72 bits per heavy atom. The number of rotatable bonds is 6. The predicted octanol–water partition coefficient (Wildman–Crippen LogP) is 4.37. The quantitative estimate of drug-likeness (QED) is 0.565. The molecule has 0 saturated heterocycles. The number of nitrogens with zero attached hydrogens (tertiary/aromatic N) is 1. The number of methoxy groups -OCH3 is 1. The van der Waals surface area contributed by atoms with Crippen LogP contribution in [0.25, 0.3) is 0 Å². The van der Waals surface area contributed by atoms with Gasteiger partial charge in [-0.3, -0.25) is 9.59 Å². The fourth-order valence-electron chi connectivity index (χ4n) is 3.44. The molecule has 0 atom stereocenters. The summed E-state index contributed by atoms with van der Waals surface area (Å²) >= 11 is 0. The standard InChI is InChI=1S/C23H27N3O3/c1-16(25-26-23(28)18-11-13-21(29-2)14-12-18)19-9-6-10-20(15-19)24-22(27)17-7-4-3-5-8-17/h6,9-15,17H,3-5,7-8H2,1-2H3,(H,24,27)(H,26,28)/b25-16+. The molecule has 0 radical (unpaired) electrons. The van der Waals surface area contributed by atoms with Crippen LogP contribution in [0.5, 0.6) is 5.75 Å². The van der Waals surface area contributed by atoms with Crippen LogP contribution in [-0.2, 0) is 4.79 Å². The maximum atomic E-state index is 12.5. The average molecular weight is 393 g/mol. The molecule has 1 saturated carbocycles. The Bertz CT molecular complexity index is 884. The van der Waals surface area contributed by atoms with E-state index in [2.05, 4.69) is 15.8 Å². The van der Waals surface area contributed by atoms with Crippen LogP contribution in [0.1, 0.15) is 54.9 Å². The van der Waals surface area contributed by atoms with Gasteiger partial charge in [0.15, 0.2) is 0 Å². The first-order valence-corrected chi connectivity index (χ1v) is 9.97. The molecule has 29 heavy (non-hydrogen) atoms. The first-order valence-electron chi connectivity index (χ1n) is 9.97. The Balaban J connectivity index is 1.62. The molecule has 1 fully saturated rings. The number of anilines is 1. The van der Waals surface area contributed by atoms with Crippen LogP contribution < -0.4 is 15.5 Å². The van der Waals surface area contributed by atoms with E-state index in [1.54, 1.807) is 31.4 Å². The lowest BCUT2D eigenvalue weighted by Crippen LogP contribution is -2.24. The van der Waals surface area contributed by atoms with Crippen molar-refractivity contribution in [1.82, 2.24) is 5.43 Å². The third-order valence-corrected chi connectivity index (χ3v) is 5.20. The van der Waals surface area contributed by atoms with Crippen LogP contribution in [0.15, 0.2) is 53.6 Å². The third kappa shape index (κ3) is 5.67. The van der Waals surface area contributed by atoms with E-state index in [1.165, 1.54) is 6.42 Å². The highest BCUT2D eigenvalue weighted by Gasteiger charge is 2.21. The van der Waals surface area contributed by atoms with E-state index in [9.17, 15) is 9.59 Å². The van der Waals surface area contributed by atoms with Gasteiger partial charge in [-0.05, 0) is 61.7 Å². The average Bonchev–Trinajstić information content (AvgIpc) is 2.78. The number of hydrazone groups is 1. The summed E-state index contributed by atoms with van der Waals surface area (Å²) in [5.74, 6) is 0.581. The topological polar surface area (TPSA) is 79.8 Å². The van der Waals surface area contributed by atoms with Crippen LogP contribution >= 0.6 is 0 Å². The van der Waals surface area contributed by atoms with Crippen molar-refractivity contribution in [2.24, 2.45) is 11.0 Å². The summed E-state index contributed by atoms with van der Waals surface area (Å²) in [6, 6.07) is 14.3. The van der Waals surface area contributed by atoms with Gasteiger partial charge in [-0.1, -0.05) is 31.4 Å². The Kier molecular flexibility index (Phi) is 7.00. The van der Waals surface area contributed by atoms with Gasteiger partial charge in [0.2, 0.25) is 5.91 Å². The van der Waals surface area contributed by atoms with Crippen molar-refractivity contribution in [2.45, 2.75) is 39.0 Å². The summed E-state index contributed by atoms with van der Waals surface area (Å²) in [5, 5.41) is 7.21. The lowest BCUT2D eigenvalue weighted by molar-refractivity contribution is -0.120. The molecule has 1 aliphatic rings. The van der Waals surface area contributed by atoms with E-state index in [0.717, 1.165) is 36.9 Å². The summed E-state index contributed by atoms with van der Waals surface area (Å²) in [7, 11) is 1.58. The number of amides is 2. The number of ether oxygens (including phenoxy) is 1. The minimum absolute atomic E-state index is 0.0873. The Morgan fingerprint density at radius 1 is 1.00 bits per heavy atom. The summed E-state index contributed by atoms with van der Waals surface area (Å²) in [6.45, 7) is 1.82. The van der Waals surface area contributed by atoms with Gasteiger partial charge in [-0.25, -0.2) is 5.43 Å². The minimum Gasteiger partial charge on any atom is -0.497 e. The van der Waals surface area contributed by atoms with Gasteiger partial charge in [0.1, 0.15) is 5.75 Å². The molecule has 6 heteroatoms. The number of hydrogen-bond donors (Lipinski definition) is 2. The van der Waals surface area contributed by atoms with Gasteiger partial charge in [0.25, 0.3) is 5.91 Å². The molecule has 2 amide bonds. The van der Waals surface area contributed by atoms with Gasteiger partial charge in [0, 0.05) is 17.2 Å². The van der Waals surface area contributed by atoms with Crippen LogP contribution in [-0.4, -0.2) is 24.6 Å². The number of nitrogens with one attached hydrogen (secondary N) is 2. The Morgan fingerprint density at radius 3 is 2.41 bits per heavy atom. The molecule has 0 unspecified atom stereocenters. The van der Waals surface area contributed by atoms with E-state index in [-0.39, 0.29) is 17.7 Å². The number of carbonyl (C=O) groups excluding carboxylic acids is 2. The van der Waals surface area contributed by atoms with Crippen molar-refractivity contribution in [3.8, 4) is 5.75 Å². The van der Waals surface area contributed by atoms with Crippen molar-refractivity contribution in [3.05, 3.63) is 59.7 Å². The minimum atomic E-state index is -0.297. The maximum Gasteiger partial charge on any atom is 0.271 e. The lowest BCUT2D eigenvalue weighted by atomic mass is 9.88. The second-order valence-electron chi connectivity index (χ2n) is 7.27. The smallest absolute Gasteiger partial charge is 0.271 e. The number of benzene rings is 2. The molecule has 0 spiro atoms. The van der Waals surface area contributed by atoms with Crippen molar-refractivity contribution in [3.63, 3.8) is 0 Å². The molecule has 0 aliphatic heterocycles. The van der Waals surface area contributed by atoms with Gasteiger partial charge >= 0.3 is 0 Å². The van der Waals surface area contributed by atoms with Gasteiger partial charge in [0.05, 0.1) is 12.8 Å². The molecule has 2 N–H and O–H groups in total. The molecular formula is C23H27N3O3. The lowest BCUT2D eigenvalue weighted by Gasteiger charge is -2.20. The van der Waals surface area contributed by atoms with Crippen LogP contribution in [0.4, 0.5) is 5.69 Å². The van der Waals surface area contributed by atoms with Crippen molar-refractivity contribution >= 4 is 23.2 Å². The molecule has 3 rings (SSSR count). The summed E-state index contributed by atoms with van der Waals surface area (Å²) in [4.78, 5) is 24.7. The highest BCUT2D eigenvalue weighted by Crippen LogP contribution is 2.25. The molecule has 6 nitrogen and oxygen atoms in total. The van der Waals surface area contributed by atoms with E-state index >= 15 is 0 Å². The van der Waals surface area contributed by atoms with Crippen LogP contribution in [0, 0.1) is 5.92 Å². The fourth-order valence-corrected chi connectivity index (χ4v) is 3.44. The molecule has 0 bridgehead atoms. The van der Waals surface area contributed by atoms with E-state index < -0.39 is 0 Å². The normalized spacial score (nSPS) is 14.9. The molecule has 152 valence electrons.